The van der Waals surface area contributed by atoms with Gasteiger partial charge >= 0.3 is 5.97 Å². The molecule has 6 heteroatoms. The molecule has 0 spiro atoms. The highest BCUT2D eigenvalue weighted by Crippen LogP contribution is 2.24. The van der Waals surface area contributed by atoms with E-state index in [1.165, 1.54) is 11.5 Å². The Morgan fingerprint density at radius 2 is 2.11 bits per heavy atom. The lowest BCUT2D eigenvalue weighted by Crippen LogP contribution is -2.25. The molecule has 1 aromatic heterocycles. The Morgan fingerprint density at radius 3 is 2.67 bits per heavy atom. The van der Waals surface area contributed by atoms with Crippen molar-refractivity contribution in [1.82, 2.24) is 9.27 Å². The Kier molecular flexibility index (Phi) is 6.07. The van der Waals surface area contributed by atoms with Crippen molar-refractivity contribution in [3.8, 4) is 0 Å². The minimum Gasteiger partial charge on any atom is -0.478 e. The fourth-order valence-corrected chi connectivity index (χ4v) is 2.60. The van der Waals surface area contributed by atoms with Crippen LogP contribution >= 0.6 is 11.5 Å². The van der Waals surface area contributed by atoms with Gasteiger partial charge in [-0.1, -0.05) is 13.8 Å². The topological polar surface area (TPSA) is 65.5 Å². The van der Waals surface area contributed by atoms with Gasteiger partial charge in [-0.3, -0.25) is 0 Å². The first-order valence-electron chi connectivity index (χ1n) is 6.25. The van der Waals surface area contributed by atoms with Gasteiger partial charge in [-0.25, -0.2) is 4.79 Å². The highest BCUT2D eigenvalue weighted by Gasteiger charge is 2.16. The normalized spacial score (nSPS) is 10.9. The lowest BCUT2D eigenvalue weighted by Gasteiger charge is -2.17. The van der Waals surface area contributed by atoms with E-state index < -0.39 is 5.97 Å². The molecule has 5 nitrogen and oxygen atoms in total. The van der Waals surface area contributed by atoms with Gasteiger partial charge in [-0.2, -0.15) is 4.37 Å². The molecule has 0 aromatic carbocycles. The fraction of sp³-hybridized carbons (Fsp3) is 0.667. The molecule has 18 heavy (non-hydrogen) atoms. The number of aromatic carboxylic acids is 1. The molecule has 1 rings (SSSR count). The van der Waals surface area contributed by atoms with Crippen molar-refractivity contribution in [2.75, 3.05) is 31.5 Å². The highest BCUT2D eigenvalue weighted by atomic mass is 32.1. The third kappa shape index (κ3) is 3.96. The number of hydrogen-bond donors (Lipinski definition) is 2. The number of nitrogens with zero attached hydrogens (tertiary/aromatic N) is 2. The van der Waals surface area contributed by atoms with Gasteiger partial charge in [0, 0.05) is 6.54 Å². The van der Waals surface area contributed by atoms with Gasteiger partial charge in [0.2, 0.25) is 0 Å². The van der Waals surface area contributed by atoms with Crippen LogP contribution in [0.1, 0.15) is 36.3 Å². The third-order valence-electron chi connectivity index (χ3n) is 2.91. The molecule has 0 unspecified atom stereocenters. The predicted octanol–water partition coefficient (Wildman–Crippen LogP) is 2.29. The summed E-state index contributed by atoms with van der Waals surface area (Å²) in [5.74, 6) is -0.910. The first-order chi connectivity index (χ1) is 8.60. The number of rotatable bonds is 8. The van der Waals surface area contributed by atoms with Gasteiger partial charge in [0.05, 0.1) is 5.69 Å². The molecule has 0 aliphatic heterocycles. The smallest absolute Gasteiger partial charge is 0.340 e. The minimum absolute atomic E-state index is 0.308. The number of carboxylic acids is 1. The molecule has 0 fully saturated rings. The number of carbonyl (C=O) groups is 1. The molecule has 0 saturated heterocycles. The molecular weight excluding hydrogens is 250 g/mol. The van der Waals surface area contributed by atoms with Crippen LogP contribution in [0.15, 0.2) is 0 Å². The van der Waals surface area contributed by atoms with Gasteiger partial charge in [-0.15, -0.1) is 0 Å². The first-order valence-corrected chi connectivity index (χ1v) is 7.03. The summed E-state index contributed by atoms with van der Waals surface area (Å²) in [4.78, 5) is 13.4. The maximum Gasteiger partial charge on any atom is 0.340 e. The second kappa shape index (κ2) is 7.33. The van der Waals surface area contributed by atoms with Crippen LogP contribution in [-0.2, 0) is 0 Å². The number of carboxylic acid groups (broad SMARTS) is 1. The Balaban J connectivity index is 2.42. The Hall–Kier alpha value is -1.14. The highest BCUT2D eigenvalue weighted by molar-refractivity contribution is 7.10. The van der Waals surface area contributed by atoms with Crippen molar-refractivity contribution in [3.05, 3.63) is 11.3 Å². The summed E-state index contributed by atoms with van der Waals surface area (Å²) in [6.07, 6.45) is 0.998. The van der Waals surface area contributed by atoms with Gasteiger partial charge in [0.25, 0.3) is 0 Å². The number of anilines is 1. The molecule has 0 bridgehead atoms. The van der Waals surface area contributed by atoms with Crippen molar-refractivity contribution in [1.29, 1.82) is 0 Å². The van der Waals surface area contributed by atoms with Crippen LogP contribution in [0, 0.1) is 6.92 Å². The van der Waals surface area contributed by atoms with E-state index in [9.17, 15) is 4.79 Å². The van der Waals surface area contributed by atoms with Crippen molar-refractivity contribution >= 4 is 22.5 Å². The Bertz CT molecular complexity index is 389. The van der Waals surface area contributed by atoms with E-state index in [4.69, 9.17) is 5.11 Å². The maximum atomic E-state index is 11.1. The van der Waals surface area contributed by atoms with Gasteiger partial charge in [0.15, 0.2) is 0 Å². The van der Waals surface area contributed by atoms with Gasteiger partial charge in [0.1, 0.15) is 10.6 Å². The lowest BCUT2D eigenvalue weighted by molar-refractivity contribution is 0.0697. The van der Waals surface area contributed by atoms with Crippen molar-refractivity contribution in [2.45, 2.75) is 27.2 Å². The molecule has 102 valence electrons. The van der Waals surface area contributed by atoms with E-state index in [1.807, 2.05) is 0 Å². The van der Waals surface area contributed by atoms with Crippen molar-refractivity contribution < 1.29 is 9.90 Å². The van der Waals surface area contributed by atoms with Crippen LogP contribution in [0.5, 0.6) is 0 Å². The summed E-state index contributed by atoms with van der Waals surface area (Å²) in [5, 5.41) is 12.9. The van der Waals surface area contributed by atoms with E-state index in [2.05, 4.69) is 28.4 Å². The van der Waals surface area contributed by atoms with E-state index in [-0.39, 0.29) is 0 Å². The van der Waals surface area contributed by atoms with E-state index >= 15 is 0 Å². The standard InChI is InChI=1S/C12H21N3O2S/c1-4-15(5-2)8-6-7-13-11-10(12(16)17)9(3)14-18-11/h13H,4-8H2,1-3H3,(H,16,17). The molecule has 0 amide bonds. The number of aryl methyl sites for hydroxylation is 1. The van der Waals surface area contributed by atoms with Crippen LogP contribution in [-0.4, -0.2) is 46.5 Å². The number of hydrogen-bond acceptors (Lipinski definition) is 5. The van der Waals surface area contributed by atoms with Gasteiger partial charge < -0.3 is 15.3 Å². The molecule has 0 saturated carbocycles. The molecule has 0 atom stereocenters. The second-order valence-corrected chi connectivity index (χ2v) is 4.86. The summed E-state index contributed by atoms with van der Waals surface area (Å²) in [6.45, 7) is 9.92. The third-order valence-corrected chi connectivity index (χ3v) is 3.80. The molecule has 0 aliphatic rings. The zero-order chi connectivity index (χ0) is 13.5. The lowest BCUT2D eigenvalue weighted by atomic mass is 10.2. The van der Waals surface area contributed by atoms with Gasteiger partial charge in [-0.05, 0) is 44.5 Å². The predicted molar refractivity (Wildman–Crippen MR) is 74.7 cm³/mol. The van der Waals surface area contributed by atoms with E-state index in [0.717, 1.165) is 32.6 Å². The molecule has 1 aromatic rings. The SMILES string of the molecule is CCN(CC)CCCNc1snc(C)c1C(=O)O. The largest absolute Gasteiger partial charge is 0.478 e. The zero-order valence-corrected chi connectivity index (χ0v) is 12.0. The van der Waals surface area contributed by atoms with Crippen LogP contribution in [0.4, 0.5) is 5.00 Å². The van der Waals surface area contributed by atoms with Crippen LogP contribution in [0.3, 0.4) is 0 Å². The number of aromatic nitrogens is 1. The Labute approximate surface area is 112 Å². The quantitative estimate of drug-likeness (QED) is 0.710. The maximum absolute atomic E-state index is 11.1. The number of nitrogens with one attached hydrogen (secondary N) is 1. The second-order valence-electron chi connectivity index (χ2n) is 4.08. The van der Waals surface area contributed by atoms with Crippen molar-refractivity contribution in [3.63, 3.8) is 0 Å². The van der Waals surface area contributed by atoms with E-state index in [1.54, 1.807) is 6.92 Å². The minimum atomic E-state index is -0.910. The average molecular weight is 271 g/mol. The zero-order valence-electron chi connectivity index (χ0n) is 11.2. The van der Waals surface area contributed by atoms with Crippen molar-refractivity contribution in [2.24, 2.45) is 0 Å². The summed E-state index contributed by atoms with van der Waals surface area (Å²) in [7, 11) is 0. The molecular formula is C12H21N3O2S. The molecule has 2 N–H and O–H groups in total. The first kappa shape index (κ1) is 14.9. The Morgan fingerprint density at radius 1 is 1.44 bits per heavy atom. The monoisotopic (exact) mass is 271 g/mol. The molecule has 0 radical (unpaired) electrons. The summed E-state index contributed by atoms with van der Waals surface area (Å²) in [5.41, 5.74) is 0.890. The van der Waals surface area contributed by atoms with E-state index in [0.29, 0.717) is 16.3 Å². The summed E-state index contributed by atoms with van der Waals surface area (Å²) >= 11 is 1.22. The summed E-state index contributed by atoms with van der Waals surface area (Å²) in [6, 6.07) is 0. The van der Waals surface area contributed by atoms with Crippen LogP contribution in [0.2, 0.25) is 0 Å². The molecule has 1 heterocycles. The molecule has 0 aliphatic carbocycles. The van der Waals surface area contributed by atoms with Crippen LogP contribution in [0.25, 0.3) is 0 Å². The van der Waals surface area contributed by atoms with Crippen LogP contribution < -0.4 is 5.32 Å². The average Bonchev–Trinajstić information content (AvgIpc) is 2.71. The fourth-order valence-electron chi connectivity index (χ4n) is 1.79. The summed E-state index contributed by atoms with van der Waals surface area (Å²) < 4.78 is 4.07.